The van der Waals surface area contributed by atoms with Crippen molar-refractivity contribution in [2.24, 2.45) is 0 Å². The lowest BCUT2D eigenvalue weighted by Crippen LogP contribution is -2.48. The van der Waals surface area contributed by atoms with Gasteiger partial charge in [-0.2, -0.15) is 0 Å². The van der Waals surface area contributed by atoms with Gasteiger partial charge in [-0.3, -0.25) is 9.59 Å². The largest absolute Gasteiger partial charge is 0.445 e. The van der Waals surface area contributed by atoms with Gasteiger partial charge in [-0.15, -0.1) is 0 Å². The molecular formula is C20H20N2O4. The molecule has 1 N–H and O–H groups in total. The van der Waals surface area contributed by atoms with Gasteiger partial charge in [0.1, 0.15) is 0 Å². The number of anilines is 2. The minimum Gasteiger partial charge on any atom is -0.445 e. The van der Waals surface area contributed by atoms with Crippen LogP contribution in [0.15, 0.2) is 48.5 Å². The number of carbonyl (C=O) groups excluding carboxylic acids is 3. The summed E-state index contributed by atoms with van der Waals surface area (Å²) in [6.45, 7) is 3.08. The maximum Gasteiger partial charge on any atom is 0.339 e. The maximum atomic E-state index is 12.7. The average Bonchev–Trinajstić information content (AvgIpc) is 2.61. The van der Waals surface area contributed by atoms with E-state index in [1.54, 1.807) is 50.4 Å². The van der Waals surface area contributed by atoms with Gasteiger partial charge in [0.2, 0.25) is 5.91 Å². The standard InChI is InChI=1S/C20H20N2O4/c1-13(23)22(3)16-10-8-15(9-11-16)21-19(25)20(2)12-14-6-4-5-7-17(14)18(24)26-20/h4-11H,12H2,1-3H3,(H,21,25). The number of fused-ring (bicyclic) bond motifs is 1. The second-order valence-corrected chi connectivity index (χ2v) is 6.53. The van der Waals surface area contributed by atoms with E-state index in [0.29, 0.717) is 17.7 Å². The summed E-state index contributed by atoms with van der Waals surface area (Å²) in [5.74, 6) is -0.974. The normalized spacial score (nSPS) is 18.5. The fourth-order valence-corrected chi connectivity index (χ4v) is 2.87. The molecule has 1 unspecified atom stereocenters. The Morgan fingerprint density at radius 1 is 1.12 bits per heavy atom. The first-order valence-corrected chi connectivity index (χ1v) is 8.27. The minimum atomic E-state index is -1.28. The van der Waals surface area contributed by atoms with Crippen molar-refractivity contribution < 1.29 is 19.1 Å². The fraction of sp³-hybridized carbons (Fsp3) is 0.250. The van der Waals surface area contributed by atoms with Gasteiger partial charge < -0.3 is 15.0 Å². The molecular weight excluding hydrogens is 332 g/mol. The van der Waals surface area contributed by atoms with E-state index in [1.165, 1.54) is 11.8 Å². The van der Waals surface area contributed by atoms with Crippen LogP contribution in [0.5, 0.6) is 0 Å². The van der Waals surface area contributed by atoms with Gasteiger partial charge in [-0.1, -0.05) is 18.2 Å². The number of cyclic esters (lactones) is 1. The molecule has 0 aliphatic carbocycles. The molecule has 2 aromatic carbocycles. The number of esters is 1. The van der Waals surface area contributed by atoms with Crippen LogP contribution in [0.1, 0.15) is 29.8 Å². The number of hydrogen-bond acceptors (Lipinski definition) is 4. The monoisotopic (exact) mass is 352 g/mol. The number of hydrogen-bond donors (Lipinski definition) is 1. The molecule has 1 aliphatic heterocycles. The third-order valence-electron chi connectivity index (χ3n) is 4.55. The first-order chi connectivity index (χ1) is 12.3. The van der Waals surface area contributed by atoms with Crippen LogP contribution >= 0.6 is 0 Å². The predicted octanol–water partition coefficient (Wildman–Crippen LogP) is 2.78. The zero-order valence-corrected chi connectivity index (χ0v) is 14.9. The van der Waals surface area contributed by atoms with Crippen molar-refractivity contribution in [1.29, 1.82) is 0 Å². The SMILES string of the molecule is CC(=O)N(C)c1ccc(NC(=O)C2(C)Cc3ccccc3C(=O)O2)cc1. The summed E-state index contributed by atoms with van der Waals surface area (Å²) in [5, 5.41) is 2.78. The van der Waals surface area contributed by atoms with E-state index in [2.05, 4.69) is 5.32 Å². The van der Waals surface area contributed by atoms with Crippen LogP contribution in [0.2, 0.25) is 0 Å². The van der Waals surface area contributed by atoms with E-state index in [1.807, 2.05) is 12.1 Å². The Kier molecular flexibility index (Phi) is 4.50. The topological polar surface area (TPSA) is 75.7 Å². The van der Waals surface area contributed by atoms with Gasteiger partial charge in [0.15, 0.2) is 5.60 Å². The fourth-order valence-electron chi connectivity index (χ4n) is 2.87. The van der Waals surface area contributed by atoms with Crippen LogP contribution in [0.25, 0.3) is 0 Å². The van der Waals surface area contributed by atoms with Crippen LogP contribution in [-0.2, 0) is 20.7 Å². The summed E-state index contributed by atoms with van der Waals surface area (Å²) in [6.07, 6.45) is 0.311. The Hall–Kier alpha value is -3.15. The second kappa shape index (κ2) is 6.63. The van der Waals surface area contributed by atoms with Crippen molar-refractivity contribution in [2.75, 3.05) is 17.3 Å². The summed E-state index contributed by atoms with van der Waals surface area (Å²) in [7, 11) is 1.68. The van der Waals surface area contributed by atoms with Gasteiger partial charge in [-0.25, -0.2) is 4.79 Å². The summed E-state index contributed by atoms with van der Waals surface area (Å²) in [4.78, 5) is 37.8. The number of nitrogens with one attached hydrogen (secondary N) is 1. The first-order valence-electron chi connectivity index (χ1n) is 8.27. The predicted molar refractivity (Wildman–Crippen MR) is 98.1 cm³/mol. The minimum absolute atomic E-state index is 0.0814. The van der Waals surface area contributed by atoms with Crippen molar-refractivity contribution in [1.82, 2.24) is 0 Å². The highest BCUT2D eigenvalue weighted by Gasteiger charge is 2.42. The molecule has 134 valence electrons. The summed E-state index contributed by atoms with van der Waals surface area (Å²) < 4.78 is 5.42. The quantitative estimate of drug-likeness (QED) is 0.862. The van der Waals surface area contributed by atoms with Crippen LogP contribution in [0.3, 0.4) is 0 Å². The summed E-state index contributed by atoms with van der Waals surface area (Å²) in [5.41, 5.74) is 1.29. The number of rotatable bonds is 3. The van der Waals surface area contributed by atoms with Gasteiger partial charge in [0.25, 0.3) is 5.91 Å². The van der Waals surface area contributed by atoms with Crippen molar-refractivity contribution in [3.8, 4) is 0 Å². The number of amides is 2. The van der Waals surface area contributed by atoms with Gasteiger partial charge >= 0.3 is 5.97 Å². The first kappa shape index (κ1) is 17.7. The zero-order chi connectivity index (χ0) is 18.9. The molecule has 26 heavy (non-hydrogen) atoms. The van der Waals surface area contributed by atoms with Gasteiger partial charge in [-0.05, 0) is 42.8 Å². The second-order valence-electron chi connectivity index (χ2n) is 6.53. The Balaban J connectivity index is 1.76. The third kappa shape index (κ3) is 3.31. The molecule has 6 nitrogen and oxygen atoms in total. The smallest absolute Gasteiger partial charge is 0.339 e. The van der Waals surface area contributed by atoms with Crippen molar-refractivity contribution in [2.45, 2.75) is 25.9 Å². The molecule has 0 bridgehead atoms. The van der Waals surface area contributed by atoms with E-state index in [0.717, 1.165) is 11.3 Å². The summed E-state index contributed by atoms with van der Waals surface area (Å²) >= 11 is 0. The Bertz CT molecular complexity index is 876. The maximum absolute atomic E-state index is 12.7. The Labute approximate surface area is 151 Å². The zero-order valence-electron chi connectivity index (χ0n) is 14.9. The number of nitrogens with zero attached hydrogens (tertiary/aromatic N) is 1. The van der Waals surface area contributed by atoms with Crippen molar-refractivity contribution in [3.05, 3.63) is 59.7 Å². The van der Waals surface area contributed by atoms with E-state index in [-0.39, 0.29) is 5.91 Å². The highest BCUT2D eigenvalue weighted by Crippen LogP contribution is 2.29. The van der Waals surface area contributed by atoms with E-state index < -0.39 is 17.5 Å². The molecule has 2 aromatic rings. The molecule has 0 saturated carbocycles. The van der Waals surface area contributed by atoms with Crippen molar-refractivity contribution >= 4 is 29.2 Å². The van der Waals surface area contributed by atoms with Crippen LogP contribution in [0, 0.1) is 0 Å². The Morgan fingerprint density at radius 3 is 2.42 bits per heavy atom. The lowest BCUT2D eigenvalue weighted by Gasteiger charge is -2.33. The average molecular weight is 352 g/mol. The lowest BCUT2D eigenvalue weighted by molar-refractivity contribution is -0.134. The number of benzene rings is 2. The molecule has 0 saturated heterocycles. The van der Waals surface area contributed by atoms with Gasteiger partial charge in [0, 0.05) is 31.8 Å². The lowest BCUT2D eigenvalue weighted by atomic mass is 9.89. The highest BCUT2D eigenvalue weighted by atomic mass is 16.6. The molecule has 6 heteroatoms. The highest BCUT2D eigenvalue weighted by molar-refractivity contribution is 6.02. The number of ether oxygens (including phenoxy) is 1. The molecule has 1 atom stereocenters. The molecule has 3 rings (SSSR count). The Morgan fingerprint density at radius 2 is 1.77 bits per heavy atom. The molecule has 0 spiro atoms. The number of carbonyl (C=O) groups is 3. The van der Waals surface area contributed by atoms with Crippen LogP contribution in [0.4, 0.5) is 11.4 Å². The van der Waals surface area contributed by atoms with Crippen LogP contribution in [-0.4, -0.2) is 30.4 Å². The van der Waals surface area contributed by atoms with E-state index >= 15 is 0 Å². The van der Waals surface area contributed by atoms with Crippen molar-refractivity contribution in [3.63, 3.8) is 0 Å². The molecule has 0 aromatic heterocycles. The molecule has 1 heterocycles. The molecule has 0 radical (unpaired) electrons. The van der Waals surface area contributed by atoms with E-state index in [9.17, 15) is 14.4 Å². The molecule has 2 amide bonds. The molecule has 0 fully saturated rings. The summed E-state index contributed by atoms with van der Waals surface area (Å²) in [6, 6.07) is 14.0. The molecule has 1 aliphatic rings. The third-order valence-corrected chi connectivity index (χ3v) is 4.55. The van der Waals surface area contributed by atoms with Crippen LogP contribution < -0.4 is 10.2 Å². The van der Waals surface area contributed by atoms with E-state index in [4.69, 9.17) is 4.74 Å². The van der Waals surface area contributed by atoms with Gasteiger partial charge in [0.05, 0.1) is 5.56 Å².